The van der Waals surface area contributed by atoms with Gasteiger partial charge in [-0.3, -0.25) is 0 Å². The third-order valence-electron chi connectivity index (χ3n) is 4.05. The summed E-state index contributed by atoms with van der Waals surface area (Å²) >= 11 is 3.57. The zero-order valence-electron chi connectivity index (χ0n) is 15.3. The molecule has 3 nitrogen and oxygen atoms in total. The number of benzene rings is 3. The van der Waals surface area contributed by atoms with E-state index in [4.69, 9.17) is 9.47 Å². The van der Waals surface area contributed by atoms with E-state index in [9.17, 15) is 8.78 Å². The fourth-order valence-electron chi connectivity index (χ4n) is 2.60. The number of nitrogens with one attached hydrogen (secondary N) is 1. The molecule has 0 saturated heterocycles. The van der Waals surface area contributed by atoms with Gasteiger partial charge in [-0.05, 0) is 66.6 Å². The molecule has 3 aromatic rings. The normalized spacial score (nSPS) is 10.6. The molecule has 0 heterocycles. The minimum atomic E-state index is -0.278. The van der Waals surface area contributed by atoms with Crippen LogP contribution in [0.1, 0.15) is 18.1 Å². The van der Waals surface area contributed by atoms with Crippen LogP contribution in [-0.2, 0) is 13.2 Å². The van der Waals surface area contributed by atoms with Crippen molar-refractivity contribution >= 4 is 21.6 Å². The highest BCUT2D eigenvalue weighted by Crippen LogP contribution is 2.35. The number of anilines is 1. The molecule has 0 atom stereocenters. The van der Waals surface area contributed by atoms with Crippen LogP contribution in [0.25, 0.3) is 0 Å². The monoisotopic (exact) mass is 447 g/mol. The van der Waals surface area contributed by atoms with E-state index in [2.05, 4.69) is 21.2 Å². The molecule has 146 valence electrons. The van der Waals surface area contributed by atoms with Crippen molar-refractivity contribution in [2.24, 2.45) is 0 Å². The predicted molar refractivity (Wildman–Crippen MR) is 110 cm³/mol. The Labute approximate surface area is 171 Å². The second-order valence-corrected chi connectivity index (χ2v) is 6.95. The molecule has 0 radical (unpaired) electrons. The lowest BCUT2D eigenvalue weighted by Crippen LogP contribution is -2.04. The van der Waals surface area contributed by atoms with E-state index in [1.165, 1.54) is 24.3 Å². The molecular formula is C22H20BrF2NO2. The van der Waals surface area contributed by atoms with Crippen LogP contribution in [0.2, 0.25) is 0 Å². The lowest BCUT2D eigenvalue weighted by molar-refractivity contribution is 0.269. The fourth-order valence-corrected chi connectivity index (χ4v) is 3.06. The molecule has 0 aliphatic carbocycles. The van der Waals surface area contributed by atoms with Gasteiger partial charge in [-0.2, -0.15) is 0 Å². The molecule has 3 rings (SSSR count). The SMILES string of the molecule is CCOc1cc(CNc2ccc(F)cc2)c(Br)cc1OCc1ccc(F)cc1. The Kier molecular flexibility index (Phi) is 6.87. The highest BCUT2D eigenvalue weighted by atomic mass is 79.9. The molecule has 0 aromatic heterocycles. The van der Waals surface area contributed by atoms with Gasteiger partial charge in [-0.15, -0.1) is 0 Å². The number of rotatable bonds is 8. The summed E-state index contributed by atoms with van der Waals surface area (Å²) in [4.78, 5) is 0. The van der Waals surface area contributed by atoms with Gasteiger partial charge >= 0.3 is 0 Å². The van der Waals surface area contributed by atoms with Crippen molar-refractivity contribution in [1.29, 1.82) is 0 Å². The molecule has 0 saturated carbocycles. The molecular weight excluding hydrogens is 428 g/mol. The van der Waals surface area contributed by atoms with Crippen molar-refractivity contribution in [3.63, 3.8) is 0 Å². The van der Waals surface area contributed by atoms with Gasteiger partial charge in [0.2, 0.25) is 0 Å². The van der Waals surface area contributed by atoms with Crippen molar-refractivity contribution in [3.8, 4) is 11.5 Å². The van der Waals surface area contributed by atoms with E-state index in [0.717, 1.165) is 21.3 Å². The Hall–Kier alpha value is -2.60. The molecule has 0 unspecified atom stereocenters. The van der Waals surface area contributed by atoms with Gasteiger partial charge in [-0.25, -0.2) is 8.78 Å². The lowest BCUT2D eigenvalue weighted by atomic mass is 10.2. The summed E-state index contributed by atoms with van der Waals surface area (Å²) in [7, 11) is 0. The van der Waals surface area contributed by atoms with Gasteiger partial charge in [0.25, 0.3) is 0 Å². The molecule has 1 N–H and O–H groups in total. The van der Waals surface area contributed by atoms with E-state index in [-0.39, 0.29) is 11.6 Å². The van der Waals surface area contributed by atoms with Crippen LogP contribution in [0, 0.1) is 11.6 Å². The summed E-state index contributed by atoms with van der Waals surface area (Å²) in [5.41, 5.74) is 2.66. The predicted octanol–water partition coefficient (Wildman–Crippen LogP) is 6.32. The number of hydrogen-bond acceptors (Lipinski definition) is 3. The van der Waals surface area contributed by atoms with Gasteiger partial charge in [-0.1, -0.05) is 28.1 Å². The maximum Gasteiger partial charge on any atom is 0.162 e. The first kappa shape index (κ1) is 20.1. The number of halogens is 3. The van der Waals surface area contributed by atoms with Crippen LogP contribution in [0.5, 0.6) is 11.5 Å². The number of ether oxygens (including phenoxy) is 2. The largest absolute Gasteiger partial charge is 0.490 e. The van der Waals surface area contributed by atoms with E-state index in [1.54, 1.807) is 24.3 Å². The van der Waals surface area contributed by atoms with E-state index >= 15 is 0 Å². The molecule has 0 fully saturated rings. The first-order valence-electron chi connectivity index (χ1n) is 8.87. The summed E-state index contributed by atoms with van der Waals surface area (Å²) in [5.74, 6) is 0.680. The molecule has 0 aliphatic heterocycles. The molecule has 0 bridgehead atoms. The van der Waals surface area contributed by atoms with Gasteiger partial charge in [0, 0.05) is 16.7 Å². The van der Waals surface area contributed by atoms with Crippen molar-refractivity contribution in [2.75, 3.05) is 11.9 Å². The Morgan fingerprint density at radius 3 is 2.11 bits per heavy atom. The molecule has 6 heteroatoms. The van der Waals surface area contributed by atoms with Crippen molar-refractivity contribution < 1.29 is 18.3 Å². The van der Waals surface area contributed by atoms with Crippen LogP contribution >= 0.6 is 15.9 Å². The third kappa shape index (κ3) is 5.45. The maximum atomic E-state index is 13.0. The fraction of sp³-hybridized carbons (Fsp3) is 0.182. The second-order valence-electron chi connectivity index (χ2n) is 6.10. The summed E-state index contributed by atoms with van der Waals surface area (Å²) < 4.78 is 38.5. The smallest absolute Gasteiger partial charge is 0.162 e. The van der Waals surface area contributed by atoms with Crippen LogP contribution in [0.3, 0.4) is 0 Å². The molecule has 0 aliphatic rings. The van der Waals surface area contributed by atoms with Crippen molar-refractivity contribution in [1.82, 2.24) is 0 Å². The average molecular weight is 448 g/mol. The van der Waals surface area contributed by atoms with Gasteiger partial charge in [0.1, 0.15) is 18.2 Å². The molecule has 0 amide bonds. The Bertz CT molecular complexity index is 915. The van der Waals surface area contributed by atoms with Crippen molar-refractivity contribution in [3.05, 3.63) is 87.9 Å². The van der Waals surface area contributed by atoms with Gasteiger partial charge in [0.05, 0.1) is 6.61 Å². The third-order valence-corrected chi connectivity index (χ3v) is 4.79. The summed E-state index contributed by atoms with van der Waals surface area (Å²) in [6.07, 6.45) is 0. The number of hydrogen-bond donors (Lipinski definition) is 1. The summed E-state index contributed by atoms with van der Waals surface area (Å²) in [5, 5.41) is 3.25. The Balaban J connectivity index is 1.72. The van der Waals surface area contributed by atoms with Gasteiger partial charge < -0.3 is 14.8 Å². The summed E-state index contributed by atoms with van der Waals surface area (Å²) in [6.45, 7) is 3.24. The van der Waals surface area contributed by atoms with E-state index in [0.29, 0.717) is 31.3 Å². The lowest BCUT2D eigenvalue weighted by Gasteiger charge is -2.16. The van der Waals surface area contributed by atoms with E-state index < -0.39 is 0 Å². The minimum Gasteiger partial charge on any atom is -0.490 e. The van der Waals surface area contributed by atoms with Crippen LogP contribution in [-0.4, -0.2) is 6.61 Å². The molecule has 0 spiro atoms. The van der Waals surface area contributed by atoms with Crippen molar-refractivity contribution in [2.45, 2.75) is 20.1 Å². The highest BCUT2D eigenvalue weighted by Gasteiger charge is 2.11. The summed E-state index contributed by atoms with van der Waals surface area (Å²) in [6, 6.07) is 16.1. The molecule has 3 aromatic carbocycles. The standard InChI is InChI=1S/C22H20BrF2NO2/c1-2-27-21-11-16(13-26-19-9-7-18(25)8-10-19)20(23)12-22(21)28-14-15-3-5-17(24)6-4-15/h3-12,26H,2,13-14H2,1H3. The Morgan fingerprint density at radius 2 is 1.46 bits per heavy atom. The second kappa shape index (κ2) is 9.55. The van der Waals surface area contributed by atoms with Crippen LogP contribution < -0.4 is 14.8 Å². The minimum absolute atomic E-state index is 0.270. The average Bonchev–Trinajstić information content (AvgIpc) is 2.69. The zero-order chi connectivity index (χ0) is 19.9. The van der Waals surface area contributed by atoms with Crippen LogP contribution in [0.15, 0.2) is 65.1 Å². The highest BCUT2D eigenvalue weighted by molar-refractivity contribution is 9.10. The van der Waals surface area contributed by atoms with Gasteiger partial charge in [0.15, 0.2) is 11.5 Å². The van der Waals surface area contributed by atoms with Crippen LogP contribution in [0.4, 0.5) is 14.5 Å². The molecule has 28 heavy (non-hydrogen) atoms. The van der Waals surface area contributed by atoms with E-state index in [1.807, 2.05) is 19.1 Å². The first-order valence-corrected chi connectivity index (χ1v) is 9.66. The first-order chi connectivity index (χ1) is 13.5. The maximum absolute atomic E-state index is 13.0. The topological polar surface area (TPSA) is 30.5 Å². The quantitative estimate of drug-likeness (QED) is 0.438. The zero-order valence-corrected chi connectivity index (χ0v) is 16.9. The Morgan fingerprint density at radius 1 is 0.857 bits per heavy atom.